The molecule has 0 bridgehead atoms. The highest BCUT2D eigenvalue weighted by atomic mass is 16.5. The zero-order chi connectivity index (χ0) is 14.6. The summed E-state index contributed by atoms with van der Waals surface area (Å²) in [6.07, 6.45) is 1.72. The second-order valence-corrected chi connectivity index (χ2v) is 5.96. The fourth-order valence-electron chi connectivity index (χ4n) is 2.21. The Balaban J connectivity index is 2.31. The first-order chi connectivity index (χ1) is 9.52. The van der Waals surface area contributed by atoms with Crippen LogP contribution in [0.15, 0.2) is 48.7 Å². The number of nitrogens with zero attached hydrogens (tertiary/aromatic N) is 1. The van der Waals surface area contributed by atoms with Gasteiger partial charge in [-0.05, 0) is 35.6 Å². The van der Waals surface area contributed by atoms with E-state index in [1.807, 2.05) is 31.3 Å². The topological polar surface area (TPSA) is 22.1 Å². The Bertz CT molecular complexity index is 526. The van der Waals surface area contributed by atoms with Gasteiger partial charge in [-0.15, -0.1) is 0 Å². The van der Waals surface area contributed by atoms with E-state index in [4.69, 9.17) is 4.74 Å². The number of aromatic nitrogens is 1. The molecule has 1 aromatic carbocycles. The van der Waals surface area contributed by atoms with E-state index < -0.39 is 0 Å². The number of pyridine rings is 1. The summed E-state index contributed by atoms with van der Waals surface area (Å²) in [4.78, 5) is 4.42. The van der Waals surface area contributed by atoms with Crippen molar-refractivity contribution in [3.8, 4) is 0 Å². The van der Waals surface area contributed by atoms with Gasteiger partial charge in [0.1, 0.15) is 6.10 Å². The highest BCUT2D eigenvalue weighted by molar-refractivity contribution is 5.32. The molecule has 0 radical (unpaired) electrons. The summed E-state index contributed by atoms with van der Waals surface area (Å²) in [5.41, 5.74) is 3.61. The monoisotopic (exact) mass is 269 g/mol. The third-order valence-corrected chi connectivity index (χ3v) is 3.37. The first kappa shape index (κ1) is 14.7. The Hall–Kier alpha value is -1.67. The van der Waals surface area contributed by atoms with Crippen molar-refractivity contribution in [3.63, 3.8) is 0 Å². The second kappa shape index (κ2) is 6.19. The van der Waals surface area contributed by atoms with Gasteiger partial charge in [-0.1, -0.05) is 51.1 Å². The molecule has 2 nitrogen and oxygen atoms in total. The van der Waals surface area contributed by atoms with Crippen molar-refractivity contribution in [1.82, 2.24) is 4.98 Å². The molecule has 1 unspecified atom stereocenters. The second-order valence-electron chi connectivity index (χ2n) is 5.96. The molecule has 1 heterocycles. The molecule has 0 aliphatic carbocycles. The lowest BCUT2D eigenvalue weighted by Gasteiger charge is -2.21. The van der Waals surface area contributed by atoms with Gasteiger partial charge in [-0.25, -0.2) is 0 Å². The standard InChI is InChI=1S/C18H23NO/c1-5-20-17(16-8-6-7-13-19-16)14-9-11-15(12-10-14)18(2,3)4/h6-13,17H,5H2,1-4H3. The molecule has 1 aromatic heterocycles. The van der Waals surface area contributed by atoms with Crippen LogP contribution < -0.4 is 0 Å². The van der Waals surface area contributed by atoms with Crippen molar-refractivity contribution in [2.24, 2.45) is 0 Å². The molecule has 2 rings (SSSR count). The summed E-state index contributed by atoms with van der Waals surface area (Å²) < 4.78 is 5.88. The van der Waals surface area contributed by atoms with E-state index in [-0.39, 0.29) is 11.5 Å². The van der Waals surface area contributed by atoms with Crippen LogP contribution in [-0.2, 0) is 10.2 Å². The van der Waals surface area contributed by atoms with Crippen molar-refractivity contribution in [3.05, 3.63) is 65.5 Å². The van der Waals surface area contributed by atoms with E-state index in [0.29, 0.717) is 6.61 Å². The molecule has 2 heteroatoms. The Morgan fingerprint density at radius 3 is 2.25 bits per heavy atom. The van der Waals surface area contributed by atoms with E-state index in [1.165, 1.54) is 5.56 Å². The normalized spacial score (nSPS) is 13.2. The number of hydrogen-bond acceptors (Lipinski definition) is 2. The molecule has 0 fully saturated rings. The largest absolute Gasteiger partial charge is 0.367 e. The summed E-state index contributed by atoms with van der Waals surface area (Å²) >= 11 is 0. The maximum absolute atomic E-state index is 5.88. The molecular formula is C18H23NO. The third kappa shape index (κ3) is 3.45. The van der Waals surface area contributed by atoms with Crippen LogP contribution in [0.3, 0.4) is 0 Å². The van der Waals surface area contributed by atoms with Crippen LogP contribution in [0.5, 0.6) is 0 Å². The fraction of sp³-hybridized carbons (Fsp3) is 0.389. The minimum Gasteiger partial charge on any atom is -0.367 e. The van der Waals surface area contributed by atoms with E-state index in [2.05, 4.69) is 50.0 Å². The van der Waals surface area contributed by atoms with Crippen LogP contribution in [0.4, 0.5) is 0 Å². The molecule has 2 aromatic rings. The minimum atomic E-state index is -0.0878. The maximum Gasteiger partial charge on any atom is 0.124 e. The van der Waals surface area contributed by atoms with Gasteiger partial charge in [0.2, 0.25) is 0 Å². The van der Waals surface area contributed by atoms with Crippen molar-refractivity contribution >= 4 is 0 Å². The lowest BCUT2D eigenvalue weighted by Crippen LogP contribution is -2.12. The number of benzene rings is 1. The van der Waals surface area contributed by atoms with Gasteiger partial charge in [0, 0.05) is 12.8 Å². The van der Waals surface area contributed by atoms with Crippen molar-refractivity contribution in [1.29, 1.82) is 0 Å². The summed E-state index contributed by atoms with van der Waals surface area (Å²) in [6.45, 7) is 9.35. The molecule has 0 spiro atoms. The van der Waals surface area contributed by atoms with E-state index in [1.54, 1.807) is 0 Å². The SMILES string of the molecule is CCOC(c1ccc(C(C)(C)C)cc1)c1ccccn1. The fourth-order valence-corrected chi connectivity index (χ4v) is 2.21. The van der Waals surface area contributed by atoms with Gasteiger partial charge in [0.05, 0.1) is 5.69 Å². The summed E-state index contributed by atoms with van der Waals surface area (Å²) in [7, 11) is 0. The molecule has 0 saturated carbocycles. The molecule has 0 aliphatic heterocycles. The Labute approximate surface area is 121 Å². The molecule has 1 atom stereocenters. The Kier molecular flexibility index (Phi) is 4.56. The minimum absolute atomic E-state index is 0.0878. The van der Waals surface area contributed by atoms with Crippen LogP contribution in [0.25, 0.3) is 0 Å². The first-order valence-electron chi connectivity index (χ1n) is 7.15. The van der Waals surface area contributed by atoms with Gasteiger partial charge in [-0.3, -0.25) is 4.98 Å². The molecule has 0 N–H and O–H groups in total. The third-order valence-electron chi connectivity index (χ3n) is 3.37. The maximum atomic E-state index is 5.88. The number of ether oxygens (including phenoxy) is 1. The summed E-state index contributed by atoms with van der Waals surface area (Å²) in [5.74, 6) is 0. The van der Waals surface area contributed by atoms with Crippen LogP contribution in [0, 0.1) is 0 Å². The average molecular weight is 269 g/mol. The van der Waals surface area contributed by atoms with Crippen LogP contribution in [0.1, 0.15) is 50.6 Å². The highest BCUT2D eigenvalue weighted by Crippen LogP contribution is 2.28. The van der Waals surface area contributed by atoms with Gasteiger partial charge in [0.15, 0.2) is 0 Å². The smallest absolute Gasteiger partial charge is 0.124 e. The van der Waals surface area contributed by atoms with E-state index in [9.17, 15) is 0 Å². The molecule has 0 saturated heterocycles. The van der Waals surface area contributed by atoms with Gasteiger partial charge < -0.3 is 4.74 Å². The van der Waals surface area contributed by atoms with Crippen LogP contribution >= 0.6 is 0 Å². The molecule has 0 amide bonds. The average Bonchev–Trinajstić information content (AvgIpc) is 2.45. The first-order valence-corrected chi connectivity index (χ1v) is 7.15. The van der Waals surface area contributed by atoms with E-state index >= 15 is 0 Å². The van der Waals surface area contributed by atoms with Crippen molar-refractivity contribution in [2.75, 3.05) is 6.61 Å². The van der Waals surface area contributed by atoms with Crippen LogP contribution in [-0.4, -0.2) is 11.6 Å². The molecule has 106 valence electrons. The van der Waals surface area contributed by atoms with E-state index in [0.717, 1.165) is 11.3 Å². The van der Waals surface area contributed by atoms with Gasteiger partial charge in [0.25, 0.3) is 0 Å². The van der Waals surface area contributed by atoms with Crippen LogP contribution in [0.2, 0.25) is 0 Å². The number of hydrogen-bond donors (Lipinski definition) is 0. The van der Waals surface area contributed by atoms with Gasteiger partial charge in [-0.2, -0.15) is 0 Å². The lowest BCUT2D eigenvalue weighted by molar-refractivity contribution is 0.0883. The predicted molar refractivity (Wildman–Crippen MR) is 82.8 cm³/mol. The summed E-state index contributed by atoms with van der Waals surface area (Å²) in [5, 5.41) is 0. The Morgan fingerprint density at radius 2 is 1.75 bits per heavy atom. The lowest BCUT2D eigenvalue weighted by atomic mass is 9.86. The summed E-state index contributed by atoms with van der Waals surface area (Å²) in [6, 6.07) is 14.6. The molecule has 0 aliphatic rings. The zero-order valence-electron chi connectivity index (χ0n) is 12.8. The molecular weight excluding hydrogens is 246 g/mol. The number of rotatable bonds is 4. The predicted octanol–water partition coefficient (Wildman–Crippen LogP) is 4.51. The highest BCUT2D eigenvalue weighted by Gasteiger charge is 2.17. The zero-order valence-corrected chi connectivity index (χ0v) is 12.8. The molecule has 20 heavy (non-hydrogen) atoms. The quantitative estimate of drug-likeness (QED) is 0.815. The van der Waals surface area contributed by atoms with Crippen molar-refractivity contribution < 1.29 is 4.74 Å². The van der Waals surface area contributed by atoms with Gasteiger partial charge >= 0.3 is 0 Å². The Morgan fingerprint density at radius 1 is 1.05 bits per heavy atom. The van der Waals surface area contributed by atoms with Crippen molar-refractivity contribution in [2.45, 2.75) is 39.2 Å².